The number of hydrogen-bond acceptors (Lipinski definition) is 4. The van der Waals surface area contributed by atoms with Crippen LogP contribution in [0.2, 0.25) is 0 Å². The van der Waals surface area contributed by atoms with E-state index in [-0.39, 0.29) is 17.9 Å². The van der Waals surface area contributed by atoms with Crippen LogP contribution in [0.5, 0.6) is 0 Å². The third-order valence-corrected chi connectivity index (χ3v) is 5.88. The first-order chi connectivity index (χ1) is 13.0. The molecule has 1 atom stereocenters. The Hall–Kier alpha value is -2.63. The number of piperidine rings is 1. The van der Waals surface area contributed by atoms with Crippen LogP contribution in [0.4, 0.5) is 0 Å². The Labute approximate surface area is 159 Å². The lowest BCUT2D eigenvalue weighted by Crippen LogP contribution is -2.52. The number of benzene rings is 1. The number of carbonyl (C=O) groups is 2. The number of likely N-dealkylation sites (tertiary alicyclic amines) is 2. The van der Waals surface area contributed by atoms with Crippen LogP contribution in [0.1, 0.15) is 43.5 Å². The van der Waals surface area contributed by atoms with Gasteiger partial charge in [0.1, 0.15) is 17.5 Å². The zero-order valence-electron chi connectivity index (χ0n) is 15.9. The number of rotatable bonds is 3. The molecule has 2 fully saturated rings. The number of hydrogen-bond donors (Lipinski definition) is 0. The predicted molar refractivity (Wildman–Crippen MR) is 101 cm³/mol. The van der Waals surface area contributed by atoms with Crippen molar-refractivity contribution in [2.24, 2.45) is 5.41 Å². The summed E-state index contributed by atoms with van der Waals surface area (Å²) in [6, 6.07) is 9.75. The minimum atomic E-state index is -0.428. The number of carbonyl (C=O) groups excluding carboxylic acids is 2. The lowest BCUT2D eigenvalue weighted by atomic mass is 9.78. The van der Waals surface area contributed by atoms with Gasteiger partial charge in [0.15, 0.2) is 0 Å². The molecule has 0 radical (unpaired) electrons. The molecule has 2 aromatic rings. The fraction of sp³-hybridized carbons (Fsp3) is 0.476. The molecule has 2 amide bonds. The van der Waals surface area contributed by atoms with Gasteiger partial charge in [-0.15, -0.1) is 0 Å². The SMILES string of the molecule is CC(C)N1CCCC2(CCN(C(=O)c3conc3-c3ccccc3)C2)C1=O. The maximum Gasteiger partial charge on any atom is 0.259 e. The minimum absolute atomic E-state index is 0.110. The molecule has 3 heterocycles. The van der Waals surface area contributed by atoms with E-state index in [1.165, 1.54) is 6.26 Å². The van der Waals surface area contributed by atoms with Crippen LogP contribution in [0.3, 0.4) is 0 Å². The van der Waals surface area contributed by atoms with Gasteiger partial charge in [-0.2, -0.15) is 0 Å². The highest BCUT2D eigenvalue weighted by Gasteiger charge is 2.50. The summed E-state index contributed by atoms with van der Waals surface area (Å²) in [6.45, 7) is 6.00. The first-order valence-corrected chi connectivity index (χ1v) is 9.62. The fourth-order valence-corrected chi connectivity index (χ4v) is 4.38. The second-order valence-electron chi connectivity index (χ2n) is 7.90. The average molecular weight is 367 g/mol. The second kappa shape index (κ2) is 6.83. The van der Waals surface area contributed by atoms with Gasteiger partial charge in [0.05, 0.1) is 5.41 Å². The van der Waals surface area contributed by atoms with Crippen molar-refractivity contribution in [2.75, 3.05) is 19.6 Å². The van der Waals surface area contributed by atoms with Crippen molar-refractivity contribution in [1.82, 2.24) is 15.0 Å². The Bertz CT molecular complexity index is 845. The van der Waals surface area contributed by atoms with Crippen molar-refractivity contribution in [2.45, 2.75) is 39.2 Å². The number of nitrogens with zero attached hydrogens (tertiary/aromatic N) is 3. The summed E-state index contributed by atoms with van der Waals surface area (Å²) in [7, 11) is 0. The van der Waals surface area contributed by atoms with E-state index in [1.54, 1.807) is 4.90 Å². The molecule has 6 nitrogen and oxygen atoms in total. The molecule has 2 aliphatic heterocycles. The van der Waals surface area contributed by atoms with Crippen LogP contribution in [0.15, 0.2) is 41.1 Å². The van der Waals surface area contributed by atoms with Crippen molar-refractivity contribution in [3.05, 3.63) is 42.2 Å². The normalized spacial score (nSPS) is 22.9. The molecular weight excluding hydrogens is 342 g/mol. The third kappa shape index (κ3) is 3.03. The van der Waals surface area contributed by atoms with Crippen molar-refractivity contribution >= 4 is 11.8 Å². The van der Waals surface area contributed by atoms with Crippen LogP contribution in [-0.2, 0) is 4.79 Å². The molecule has 2 saturated heterocycles. The smallest absolute Gasteiger partial charge is 0.259 e. The first-order valence-electron chi connectivity index (χ1n) is 9.62. The molecule has 1 spiro atoms. The van der Waals surface area contributed by atoms with Gasteiger partial charge in [-0.05, 0) is 33.1 Å². The predicted octanol–water partition coefficient (Wildman–Crippen LogP) is 3.20. The van der Waals surface area contributed by atoms with E-state index in [2.05, 4.69) is 19.0 Å². The molecular formula is C21H25N3O3. The summed E-state index contributed by atoms with van der Waals surface area (Å²) in [5, 5.41) is 4.04. The summed E-state index contributed by atoms with van der Waals surface area (Å²) < 4.78 is 5.11. The number of aromatic nitrogens is 1. The Kier molecular flexibility index (Phi) is 4.50. The minimum Gasteiger partial charge on any atom is -0.363 e. The van der Waals surface area contributed by atoms with Crippen LogP contribution in [0.25, 0.3) is 11.3 Å². The summed E-state index contributed by atoms with van der Waals surface area (Å²) in [6.07, 6.45) is 3.99. The molecule has 1 aromatic heterocycles. The van der Waals surface area contributed by atoms with E-state index >= 15 is 0 Å². The number of amides is 2. The molecule has 142 valence electrons. The molecule has 2 aliphatic rings. The highest BCUT2D eigenvalue weighted by Crippen LogP contribution is 2.41. The molecule has 27 heavy (non-hydrogen) atoms. The topological polar surface area (TPSA) is 66.7 Å². The molecule has 6 heteroatoms. The van der Waals surface area contributed by atoms with Gasteiger partial charge in [-0.3, -0.25) is 9.59 Å². The van der Waals surface area contributed by atoms with Crippen molar-refractivity contribution in [3.63, 3.8) is 0 Å². The first kappa shape index (κ1) is 17.8. The van der Waals surface area contributed by atoms with Crippen LogP contribution in [0, 0.1) is 5.41 Å². The van der Waals surface area contributed by atoms with Crippen molar-refractivity contribution < 1.29 is 14.1 Å². The second-order valence-corrected chi connectivity index (χ2v) is 7.90. The Morgan fingerprint density at radius 2 is 1.96 bits per heavy atom. The highest BCUT2D eigenvalue weighted by atomic mass is 16.5. The molecule has 0 saturated carbocycles. The average Bonchev–Trinajstić information content (AvgIpc) is 3.32. The maximum atomic E-state index is 13.2. The van der Waals surface area contributed by atoms with E-state index in [1.807, 2.05) is 35.2 Å². The Morgan fingerprint density at radius 1 is 1.19 bits per heavy atom. The van der Waals surface area contributed by atoms with Gasteiger partial charge >= 0.3 is 0 Å². The van der Waals surface area contributed by atoms with Crippen molar-refractivity contribution in [3.8, 4) is 11.3 Å². The van der Waals surface area contributed by atoms with Gasteiger partial charge in [0.25, 0.3) is 5.91 Å². The summed E-state index contributed by atoms with van der Waals surface area (Å²) in [4.78, 5) is 30.0. The summed E-state index contributed by atoms with van der Waals surface area (Å²) >= 11 is 0. The quantitative estimate of drug-likeness (QED) is 0.835. The van der Waals surface area contributed by atoms with Gasteiger partial charge < -0.3 is 14.3 Å². The Balaban J connectivity index is 1.56. The zero-order valence-corrected chi connectivity index (χ0v) is 15.9. The molecule has 0 bridgehead atoms. The van der Waals surface area contributed by atoms with Crippen LogP contribution in [-0.4, -0.2) is 52.4 Å². The monoisotopic (exact) mass is 367 g/mol. The fourth-order valence-electron chi connectivity index (χ4n) is 4.38. The standard InChI is InChI=1S/C21H25N3O3/c1-15(2)24-11-6-9-21(20(24)26)10-12-23(14-21)19(25)17-13-27-22-18(17)16-7-4-3-5-8-16/h3-5,7-8,13,15H,6,9-12,14H2,1-2H3. The lowest BCUT2D eigenvalue weighted by molar-refractivity contribution is -0.147. The summed E-state index contributed by atoms with van der Waals surface area (Å²) in [5.41, 5.74) is 1.44. The molecule has 0 N–H and O–H groups in total. The van der Waals surface area contributed by atoms with E-state index in [4.69, 9.17) is 4.52 Å². The molecule has 1 unspecified atom stereocenters. The lowest BCUT2D eigenvalue weighted by Gasteiger charge is -2.41. The van der Waals surface area contributed by atoms with Crippen molar-refractivity contribution in [1.29, 1.82) is 0 Å². The molecule has 0 aliphatic carbocycles. The van der Waals surface area contributed by atoms with Gasteiger partial charge in [0, 0.05) is 31.2 Å². The van der Waals surface area contributed by atoms with Crippen LogP contribution >= 0.6 is 0 Å². The highest BCUT2D eigenvalue weighted by molar-refractivity contribution is 6.00. The van der Waals surface area contributed by atoms with E-state index < -0.39 is 5.41 Å². The van der Waals surface area contributed by atoms with Gasteiger partial charge in [-0.1, -0.05) is 35.5 Å². The van der Waals surface area contributed by atoms with Gasteiger partial charge in [0.2, 0.25) is 5.91 Å². The third-order valence-electron chi connectivity index (χ3n) is 5.88. The van der Waals surface area contributed by atoms with E-state index in [0.717, 1.165) is 31.4 Å². The summed E-state index contributed by atoms with van der Waals surface area (Å²) in [5.74, 6) is 0.0918. The van der Waals surface area contributed by atoms with E-state index in [0.29, 0.717) is 24.3 Å². The van der Waals surface area contributed by atoms with E-state index in [9.17, 15) is 9.59 Å². The maximum absolute atomic E-state index is 13.2. The van der Waals surface area contributed by atoms with Gasteiger partial charge in [-0.25, -0.2) is 0 Å². The zero-order chi connectivity index (χ0) is 19.0. The largest absolute Gasteiger partial charge is 0.363 e. The Morgan fingerprint density at radius 3 is 2.70 bits per heavy atom. The molecule has 4 rings (SSSR count). The molecule has 1 aromatic carbocycles. The van der Waals surface area contributed by atoms with Crippen LogP contribution < -0.4 is 0 Å².